The van der Waals surface area contributed by atoms with E-state index in [-0.39, 0.29) is 16.9 Å². The standard InChI is InChI=1S/C8H8N2O3/c9-10-4-5-2-1-3-6(7(5)11)8(12)13/h1-4,11H,9H2,(H,12,13)/b10-4-. The van der Waals surface area contributed by atoms with E-state index in [0.717, 1.165) is 0 Å². The molecule has 0 atom stereocenters. The Bertz CT molecular complexity index is 360. The summed E-state index contributed by atoms with van der Waals surface area (Å²) in [6.07, 6.45) is 1.18. The number of aromatic carboxylic acids is 1. The number of aromatic hydroxyl groups is 1. The molecule has 0 bridgehead atoms. The van der Waals surface area contributed by atoms with Gasteiger partial charge in [-0.15, -0.1) is 0 Å². The van der Waals surface area contributed by atoms with E-state index < -0.39 is 5.97 Å². The number of carbonyl (C=O) groups is 1. The Hall–Kier alpha value is -2.04. The van der Waals surface area contributed by atoms with Crippen LogP contribution in [-0.4, -0.2) is 22.4 Å². The molecule has 0 amide bonds. The van der Waals surface area contributed by atoms with Crippen LogP contribution in [0.1, 0.15) is 15.9 Å². The zero-order valence-electron chi connectivity index (χ0n) is 6.64. The highest BCUT2D eigenvalue weighted by Crippen LogP contribution is 2.20. The molecule has 0 spiro atoms. The molecule has 0 unspecified atom stereocenters. The van der Waals surface area contributed by atoms with Crippen molar-refractivity contribution >= 4 is 12.2 Å². The Labute approximate surface area is 74.1 Å². The van der Waals surface area contributed by atoms with Crippen molar-refractivity contribution in [1.82, 2.24) is 0 Å². The third kappa shape index (κ3) is 1.76. The third-order valence-electron chi connectivity index (χ3n) is 1.51. The Balaban J connectivity index is 3.26. The number of hydrogen-bond acceptors (Lipinski definition) is 4. The Morgan fingerprint density at radius 1 is 1.54 bits per heavy atom. The van der Waals surface area contributed by atoms with Gasteiger partial charge in [0.1, 0.15) is 11.3 Å². The first-order valence-electron chi connectivity index (χ1n) is 3.45. The topological polar surface area (TPSA) is 95.9 Å². The number of hydrazone groups is 1. The van der Waals surface area contributed by atoms with Crippen LogP contribution >= 0.6 is 0 Å². The summed E-state index contributed by atoms with van der Waals surface area (Å²) in [5.41, 5.74) is 0.111. The molecule has 0 heterocycles. The summed E-state index contributed by atoms with van der Waals surface area (Å²) in [7, 11) is 0. The fourth-order valence-electron chi connectivity index (χ4n) is 0.918. The summed E-state index contributed by atoms with van der Waals surface area (Å²) in [6.45, 7) is 0. The highest BCUT2D eigenvalue weighted by atomic mass is 16.4. The Morgan fingerprint density at radius 3 is 2.77 bits per heavy atom. The van der Waals surface area contributed by atoms with Crippen LogP contribution in [0.5, 0.6) is 5.75 Å². The lowest BCUT2D eigenvalue weighted by Gasteiger charge is -2.01. The zero-order valence-corrected chi connectivity index (χ0v) is 6.64. The van der Waals surface area contributed by atoms with Crippen LogP contribution < -0.4 is 5.84 Å². The van der Waals surface area contributed by atoms with Gasteiger partial charge in [0.15, 0.2) is 0 Å². The number of nitrogens with two attached hydrogens (primary N) is 1. The monoisotopic (exact) mass is 180 g/mol. The molecule has 5 nitrogen and oxygen atoms in total. The van der Waals surface area contributed by atoms with E-state index in [1.807, 2.05) is 0 Å². The number of carboxylic acids is 1. The predicted molar refractivity (Wildman–Crippen MR) is 46.8 cm³/mol. The predicted octanol–water partition coefficient (Wildman–Crippen LogP) is 0.383. The van der Waals surface area contributed by atoms with Gasteiger partial charge >= 0.3 is 5.97 Å². The number of phenols is 1. The molecule has 0 aliphatic heterocycles. The van der Waals surface area contributed by atoms with Crippen molar-refractivity contribution in [2.45, 2.75) is 0 Å². The van der Waals surface area contributed by atoms with E-state index >= 15 is 0 Å². The summed E-state index contributed by atoms with van der Waals surface area (Å²) in [5.74, 6) is 3.35. The summed E-state index contributed by atoms with van der Waals surface area (Å²) in [4.78, 5) is 10.5. The minimum atomic E-state index is -1.19. The maximum absolute atomic E-state index is 10.5. The van der Waals surface area contributed by atoms with Crippen molar-refractivity contribution < 1.29 is 15.0 Å². The van der Waals surface area contributed by atoms with Gasteiger partial charge < -0.3 is 16.1 Å². The van der Waals surface area contributed by atoms with Gasteiger partial charge in [-0.2, -0.15) is 5.10 Å². The van der Waals surface area contributed by atoms with Gasteiger partial charge in [-0.05, 0) is 12.1 Å². The molecule has 1 aromatic rings. The van der Waals surface area contributed by atoms with E-state index in [9.17, 15) is 9.90 Å². The van der Waals surface area contributed by atoms with Crippen molar-refractivity contribution in [3.05, 3.63) is 29.3 Å². The van der Waals surface area contributed by atoms with Crippen LogP contribution in [0.4, 0.5) is 0 Å². The van der Waals surface area contributed by atoms with E-state index in [0.29, 0.717) is 0 Å². The molecule has 0 aliphatic rings. The molecular weight excluding hydrogens is 172 g/mol. The lowest BCUT2D eigenvalue weighted by atomic mass is 10.1. The van der Waals surface area contributed by atoms with Crippen LogP contribution in [0.15, 0.2) is 23.3 Å². The first-order valence-corrected chi connectivity index (χ1v) is 3.45. The number of carboxylic acid groups (broad SMARTS) is 1. The summed E-state index contributed by atoms with van der Waals surface area (Å²) in [5, 5.41) is 21.2. The lowest BCUT2D eigenvalue weighted by molar-refractivity contribution is 0.0693. The summed E-state index contributed by atoms with van der Waals surface area (Å²) < 4.78 is 0. The fourth-order valence-corrected chi connectivity index (χ4v) is 0.918. The molecule has 0 aliphatic carbocycles. The molecular formula is C8H8N2O3. The molecule has 0 aromatic heterocycles. The highest BCUT2D eigenvalue weighted by molar-refractivity contribution is 5.95. The quantitative estimate of drug-likeness (QED) is 0.348. The lowest BCUT2D eigenvalue weighted by Crippen LogP contribution is -1.99. The average molecular weight is 180 g/mol. The van der Waals surface area contributed by atoms with Crippen LogP contribution in [0, 0.1) is 0 Å². The second kappa shape index (κ2) is 3.57. The minimum absolute atomic E-state index is 0.169. The first kappa shape index (κ1) is 9.05. The molecule has 1 aromatic carbocycles. The van der Waals surface area contributed by atoms with Crippen molar-refractivity contribution in [3.8, 4) is 5.75 Å². The molecule has 0 saturated heterocycles. The fraction of sp³-hybridized carbons (Fsp3) is 0. The Kier molecular flexibility index (Phi) is 2.49. The van der Waals surface area contributed by atoms with Crippen LogP contribution in [0.3, 0.4) is 0 Å². The van der Waals surface area contributed by atoms with Crippen molar-refractivity contribution in [3.63, 3.8) is 0 Å². The molecule has 13 heavy (non-hydrogen) atoms. The van der Waals surface area contributed by atoms with Gasteiger partial charge in [-0.1, -0.05) is 6.07 Å². The number of rotatable bonds is 2. The number of benzene rings is 1. The summed E-state index contributed by atoms with van der Waals surface area (Å²) in [6, 6.07) is 4.31. The highest BCUT2D eigenvalue weighted by Gasteiger charge is 2.10. The molecule has 4 N–H and O–H groups in total. The smallest absolute Gasteiger partial charge is 0.339 e. The van der Waals surface area contributed by atoms with Crippen molar-refractivity contribution in [1.29, 1.82) is 0 Å². The van der Waals surface area contributed by atoms with Crippen LogP contribution in [0.2, 0.25) is 0 Å². The normalized spacial score (nSPS) is 10.5. The molecule has 0 radical (unpaired) electrons. The SMILES string of the molecule is N/N=C\c1cccc(C(=O)O)c1O. The second-order valence-electron chi connectivity index (χ2n) is 2.33. The average Bonchev–Trinajstić information content (AvgIpc) is 2.08. The minimum Gasteiger partial charge on any atom is -0.506 e. The van der Waals surface area contributed by atoms with E-state index in [2.05, 4.69) is 5.10 Å². The van der Waals surface area contributed by atoms with Crippen molar-refractivity contribution in [2.24, 2.45) is 10.9 Å². The maximum Gasteiger partial charge on any atom is 0.339 e. The van der Waals surface area contributed by atoms with Gasteiger partial charge in [0, 0.05) is 5.56 Å². The first-order chi connectivity index (χ1) is 6.16. The maximum atomic E-state index is 10.5. The van der Waals surface area contributed by atoms with Crippen LogP contribution in [-0.2, 0) is 0 Å². The molecule has 5 heteroatoms. The molecule has 1 rings (SSSR count). The van der Waals surface area contributed by atoms with Gasteiger partial charge in [0.25, 0.3) is 0 Å². The van der Waals surface area contributed by atoms with Crippen molar-refractivity contribution in [2.75, 3.05) is 0 Å². The summed E-state index contributed by atoms with van der Waals surface area (Å²) >= 11 is 0. The number of nitrogens with zero attached hydrogens (tertiary/aromatic N) is 1. The Morgan fingerprint density at radius 2 is 2.23 bits per heavy atom. The zero-order chi connectivity index (χ0) is 9.84. The second-order valence-corrected chi connectivity index (χ2v) is 2.33. The van der Waals surface area contributed by atoms with E-state index in [1.54, 1.807) is 0 Å². The molecule has 68 valence electrons. The van der Waals surface area contributed by atoms with Gasteiger partial charge in [-0.25, -0.2) is 4.79 Å². The van der Waals surface area contributed by atoms with Gasteiger partial charge in [-0.3, -0.25) is 0 Å². The van der Waals surface area contributed by atoms with Gasteiger partial charge in [0.2, 0.25) is 0 Å². The van der Waals surface area contributed by atoms with Crippen LogP contribution in [0.25, 0.3) is 0 Å². The third-order valence-corrected chi connectivity index (χ3v) is 1.51. The largest absolute Gasteiger partial charge is 0.506 e. The van der Waals surface area contributed by atoms with E-state index in [1.165, 1.54) is 24.4 Å². The molecule has 0 fully saturated rings. The number of para-hydroxylation sites is 1. The van der Waals surface area contributed by atoms with Gasteiger partial charge in [0.05, 0.1) is 6.21 Å². The van der Waals surface area contributed by atoms with E-state index in [4.69, 9.17) is 10.9 Å². The molecule has 0 saturated carbocycles. The number of hydrogen-bond donors (Lipinski definition) is 3.